The molecule has 5 rings (SSSR count). The minimum Gasteiger partial charge on any atom is -0.482 e. The number of hydrogen-bond donors (Lipinski definition) is 2. The van der Waals surface area contributed by atoms with Gasteiger partial charge in [-0.05, 0) is 55.1 Å². The molecule has 0 radical (unpaired) electrons. The lowest BCUT2D eigenvalue weighted by molar-refractivity contribution is -0.111. The third-order valence-corrected chi connectivity index (χ3v) is 7.41. The van der Waals surface area contributed by atoms with Crippen LogP contribution in [0, 0.1) is 5.82 Å². The second-order valence-corrected chi connectivity index (χ2v) is 10.2. The van der Waals surface area contributed by atoms with Gasteiger partial charge < -0.3 is 15.2 Å². The van der Waals surface area contributed by atoms with Gasteiger partial charge in [0.25, 0.3) is 5.91 Å². The summed E-state index contributed by atoms with van der Waals surface area (Å²) in [5.74, 6) is -0.138. The summed E-state index contributed by atoms with van der Waals surface area (Å²) in [7, 11) is 0. The Morgan fingerprint density at radius 1 is 1.18 bits per heavy atom. The first-order valence-corrected chi connectivity index (χ1v) is 12.1. The zero-order valence-corrected chi connectivity index (χ0v) is 19.7. The van der Waals surface area contributed by atoms with Crippen LogP contribution < -0.4 is 5.32 Å². The van der Waals surface area contributed by atoms with Gasteiger partial charge in [0.2, 0.25) is 0 Å². The van der Waals surface area contributed by atoms with Gasteiger partial charge >= 0.3 is 0 Å². The third-order valence-electron chi connectivity index (χ3n) is 6.49. The number of carbonyl (C=O) groups excluding carboxylic acids is 1. The van der Waals surface area contributed by atoms with Crippen molar-refractivity contribution in [1.29, 1.82) is 0 Å². The Morgan fingerprint density at radius 3 is 2.70 bits per heavy atom. The molecule has 0 bridgehead atoms. The number of halogens is 1. The smallest absolute Gasteiger partial charge is 0.260 e. The summed E-state index contributed by atoms with van der Waals surface area (Å²) in [5, 5.41) is 14.0. The number of β-amino-alcohol motifs (C(OH)–C–C–N with tert-alkyl or cyclic N) is 1. The van der Waals surface area contributed by atoms with E-state index in [4.69, 9.17) is 9.84 Å². The van der Waals surface area contributed by atoms with Gasteiger partial charge in [0, 0.05) is 55.3 Å². The van der Waals surface area contributed by atoms with E-state index in [0.29, 0.717) is 22.6 Å². The summed E-state index contributed by atoms with van der Waals surface area (Å²) < 4.78 is 19.9. The van der Waals surface area contributed by atoms with E-state index < -0.39 is 5.60 Å². The van der Waals surface area contributed by atoms with Crippen LogP contribution in [0.4, 0.5) is 10.1 Å². The van der Waals surface area contributed by atoms with Gasteiger partial charge in [0.05, 0.1) is 17.9 Å². The molecule has 3 aliphatic heterocycles. The molecular weight excluding hydrogens is 441 g/mol. The third kappa shape index (κ3) is 4.36. The van der Waals surface area contributed by atoms with Gasteiger partial charge in [-0.25, -0.2) is 4.39 Å². The Kier molecular flexibility index (Phi) is 5.86. The number of aliphatic hydroxyl groups excluding tert-OH is 1. The lowest BCUT2D eigenvalue weighted by Crippen LogP contribution is -2.46. The molecule has 33 heavy (non-hydrogen) atoms. The van der Waals surface area contributed by atoms with Crippen LogP contribution in [0.25, 0.3) is 11.1 Å². The highest BCUT2D eigenvalue weighted by molar-refractivity contribution is 7.10. The van der Waals surface area contributed by atoms with Crippen molar-refractivity contribution in [3.8, 4) is 0 Å². The zero-order valence-electron chi connectivity index (χ0n) is 18.9. The molecule has 0 unspecified atom stereocenters. The summed E-state index contributed by atoms with van der Waals surface area (Å²) in [6, 6.07) is 6.53. The Hall–Kier alpha value is -2.52. The number of nitrogens with one attached hydrogen (secondary N) is 1. The van der Waals surface area contributed by atoms with Crippen LogP contribution in [-0.4, -0.2) is 65.7 Å². The van der Waals surface area contributed by atoms with E-state index in [1.165, 1.54) is 17.0 Å². The summed E-state index contributed by atoms with van der Waals surface area (Å²) in [5.41, 5.74) is 3.14. The van der Waals surface area contributed by atoms with Crippen molar-refractivity contribution in [3.63, 3.8) is 0 Å². The molecule has 3 aliphatic rings. The molecule has 1 amide bonds. The van der Waals surface area contributed by atoms with Gasteiger partial charge in [0.1, 0.15) is 17.2 Å². The molecule has 0 spiro atoms. The normalized spacial score (nSPS) is 22.8. The number of anilines is 1. The fourth-order valence-electron chi connectivity index (χ4n) is 4.75. The van der Waals surface area contributed by atoms with Crippen LogP contribution in [0.2, 0.25) is 0 Å². The van der Waals surface area contributed by atoms with Crippen LogP contribution in [-0.2, 0) is 16.1 Å². The van der Waals surface area contributed by atoms with Crippen molar-refractivity contribution < 1.29 is 19.0 Å². The predicted octanol–water partition coefficient (Wildman–Crippen LogP) is 3.55. The number of nitrogens with zero attached hydrogens (tertiary/aromatic N) is 2. The Balaban J connectivity index is 1.37. The van der Waals surface area contributed by atoms with E-state index in [-0.39, 0.29) is 18.3 Å². The molecule has 2 N–H and O–H groups in total. The molecule has 1 saturated heterocycles. The SMILES string of the molecule is CC1(C)O/C(=C2/C(=O)Nc3cc(F)ccc32)C=C1c1csc(CN2CCN(CCO)CC2)c1. The van der Waals surface area contributed by atoms with Crippen LogP contribution in [0.1, 0.15) is 29.9 Å². The summed E-state index contributed by atoms with van der Waals surface area (Å²) >= 11 is 1.74. The van der Waals surface area contributed by atoms with Gasteiger partial charge in [-0.1, -0.05) is 0 Å². The maximum atomic E-state index is 13.6. The number of fused-ring (bicyclic) bond motifs is 1. The average Bonchev–Trinajstić information content (AvgIpc) is 3.43. The van der Waals surface area contributed by atoms with Crippen molar-refractivity contribution >= 4 is 34.1 Å². The standard InChI is InChI=1S/C25H28FN3O3S/c1-25(2)20(13-22(32-25)23-19-4-3-17(26)12-21(19)27-24(23)31)16-11-18(33-15-16)14-29-7-5-28(6-8-29)9-10-30/h3-4,11-13,15,30H,5-10,14H2,1-2H3,(H,27,31)/b23-22+. The molecule has 1 aromatic heterocycles. The summed E-state index contributed by atoms with van der Waals surface area (Å²) in [6.45, 7) is 9.82. The van der Waals surface area contributed by atoms with Crippen LogP contribution in [0.5, 0.6) is 0 Å². The number of ether oxygens (including phenoxy) is 1. The number of benzene rings is 1. The van der Waals surface area contributed by atoms with Gasteiger partial charge in [0.15, 0.2) is 0 Å². The molecule has 4 heterocycles. The lowest BCUT2D eigenvalue weighted by Gasteiger charge is -2.34. The maximum Gasteiger partial charge on any atom is 0.260 e. The fourth-order valence-corrected chi connectivity index (χ4v) is 5.67. The number of amides is 1. The Bertz CT molecular complexity index is 1150. The molecular formula is C25H28FN3O3S. The minimum atomic E-state index is -0.584. The molecule has 0 saturated carbocycles. The molecule has 0 atom stereocenters. The van der Waals surface area contributed by atoms with Crippen LogP contribution >= 0.6 is 11.3 Å². The van der Waals surface area contributed by atoms with Crippen LogP contribution in [0.15, 0.2) is 41.5 Å². The number of allylic oxidation sites excluding steroid dienone is 1. The van der Waals surface area contributed by atoms with E-state index in [1.807, 2.05) is 19.9 Å². The lowest BCUT2D eigenvalue weighted by atomic mass is 9.94. The molecule has 0 aliphatic carbocycles. The van der Waals surface area contributed by atoms with Gasteiger partial charge in [-0.3, -0.25) is 14.6 Å². The first-order valence-electron chi connectivity index (χ1n) is 11.2. The number of piperazine rings is 1. The highest BCUT2D eigenvalue weighted by Gasteiger charge is 2.38. The second kappa shape index (κ2) is 8.68. The van der Waals surface area contributed by atoms with Crippen LogP contribution in [0.3, 0.4) is 0 Å². The number of aliphatic hydroxyl groups is 1. The zero-order chi connectivity index (χ0) is 23.2. The van der Waals surface area contributed by atoms with E-state index in [2.05, 4.69) is 26.6 Å². The highest BCUT2D eigenvalue weighted by atomic mass is 32.1. The quantitative estimate of drug-likeness (QED) is 0.656. The number of rotatable bonds is 5. The predicted molar refractivity (Wildman–Crippen MR) is 128 cm³/mol. The molecule has 2 aromatic rings. The Morgan fingerprint density at radius 2 is 1.94 bits per heavy atom. The largest absolute Gasteiger partial charge is 0.482 e. The summed E-state index contributed by atoms with van der Waals surface area (Å²) in [6.07, 6.45) is 1.95. The molecule has 1 fully saturated rings. The van der Waals surface area contributed by atoms with Crippen molar-refractivity contribution in [2.24, 2.45) is 0 Å². The monoisotopic (exact) mass is 469 g/mol. The number of carbonyl (C=O) groups is 1. The number of thiophene rings is 1. The van der Waals surface area contributed by atoms with E-state index >= 15 is 0 Å². The number of hydrogen-bond acceptors (Lipinski definition) is 6. The molecule has 6 nitrogen and oxygen atoms in total. The van der Waals surface area contributed by atoms with Crippen molar-refractivity contribution in [1.82, 2.24) is 9.80 Å². The van der Waals surface area contributed by atoms with E-state index in [0.717, 1.165) is 50.4 Å². The maximum absolute atomic E-state index is 13.6. The first-order chi connectivity index (χ1) is 15.8. The summed E-state index contributed by atoms with van der Waals surface area (Å²) in [4.78, 5) is 18.7. The highest BCUT2D eigenvalue weighted by Crippen LogP contribution is 2.45. The van der Waals surface area contributed by atoms with Crippen molar-refractivity contribution in [2.75, 3.05) is 44.6 Å². The Labute approximate surface area is 197 Å². The van der Waals surface area contributed by atoms with Crippen molar-refractivity contribution in [3.05, 3.63) is 63.3 Å². The molecule has 1 aromatic carbocycles. The molecule has 8 heteroatoms. The van der Waals surface area contributed by atoms with Crippen molar-refractivity contribution in [2.45, 2.75) is 26.0 Å². The first kappa shape index (κ1) is 22.3. The van der Waals surface area contributed by atoms with E-state index in [1.54, 1.807) is 17.4 Å². The van der Waals surface area contributed by atoms with Gasteiger partial charge in [-0.2, -0.15) is 0 Å². The minimum absolute atomic E-state index is 0.212. The van der Waals surface area contributed by atoms with Gasteiger partial charge in [-0.15, -0.1) is 11.3 Å². The average molecular weight is 470 g/mol. The van der Waals surface area contributed by atoms with E-state index in [9.17, 15) is 9.18 Å². The topological polar surface area (TPSA) is 65.0 Å². The second-order valence-electron chi connectivity index (χ2n) is 9.20. The fraction of sp³-hybridized carbons (Fsp3) is 0.400. The molecule has 174 valence electrons.